The molecule has 162 valence electrons. The van der Waals surface area contributed by atoms with E-state index in [1.165, 1.54) is 0 Å². The number of ether oxygens (including phenoxy) is 1. The Morgan fingerprint density at radius 1 is 1.10 bits per heavy atom. The molecule has 3 heterocycles. The lowest BCUT2D eigenvalue weighted by atomic mass is 9.92. The van der Waals surface area contributed by atoms with Gasteiger partial charge in [-0.05, 0) is 35.9 Å². The summed E-state index contributed by atoms with van der Waals surface area (Å²) in [6.07, 6.45) is 4.26. The van der Waals surface area contributed by atoms with Crippen molar-refractivity contribution in [1.82, 2.24) is 14.9 Å². The monoisotopic (exact) mass is 463 g/mol. The number of hydrogen-bond acceptors (Lipinski definition) is 4. The van der Waals surface area contributed by atoms with E-state index < -0.39 is 18.1 Å². The van der Waals surface area contributed by atoms with E-state index in [1.54, 1.807) is 60.9 Å². The highest BCUT2D eigenvalue weighted by Gasteiger charge is 2.44. The van der Waals surface area contributed by atoms with E-state index in [0.29, 0.717) is 15.7 Å². The van der Waals surface area contributed by atoms with Crippen molar-refractivity contribution in [3.63, 3.8) is 0 Å². The molecule has 31 heavy (non-hydrogen) atoms. The molecular weight excluding hydrogens is 443 g/mol. The van der Waals surface area contributed by atoms with Crippen molar-refractivity contribution in [3.05, 3.63) is 82.2 Å². The number of benzene rings is 1. The Balaban J connectivity index is 1.82. The van der Waals surface area contributed by atoms with Crippen LogP contribution in [0, 0.1) is 0 Å². The van der Waals surface area contributed by atoms with Gasteiger partial charge in [0.15, 0.2) is 0 Å². The smallest absolute Gasteiger partial charge is 0.261 e. The summed E-state index contributed by atoms with van der Waals surface area (Å²) in [5.41, 5.74) is 2.92. The Labute approximate surface area is 189 Å². The molecule has 2 atom stereocenters. The quantitative estimate of drug-likeness (QED) is 0.434. The van der Waals surface area contributed by atoms with Crippen molar-refractivity contribution in [1.29, 1.82) is 0 Å². The minimum absolute atomic E-state index is 0.190. The number of nitrogens with zero attached hydrogens (tertiary/aromatic N) is 3. The molecule has 1 aromatic carbocycles. The second-order valence-electron chi connectivity index (χ2n) is 7.56. The van der Waals surface area contributed by atoms with E-state index in [2.05, 4.69) is 9.97 Å². The number of rotatable bonds is 6. The van der Waals surface area contributed by atoms with Crippen molar-refractivity contribution in [3.8, 4) is 11.3 Å². The summed E-state index contributed by atoms with van der Waals surface area (Å²) in [6, 6.07) is 12.1. The number of alkyl halides is 2. The first-order chi connectivity index (χ1) is 14.9. The summed E-state index contributed by atoms with van der Waals surface area (Å²) < 4.78 is 34.2. The third-order valence-corrected chi connectivity index (χ3v) is 5.88. The molecule has 0 amide bonds. The number of pyridine rings is 2. The molecule has 1 aliphatic heterocycles. The molecule has 0 bridgehead atoms. The largest absolute Gasteiger partial charge is 0.375 e. The lowest BCUT2D eigenvalue weighted by Gasteiger charge is -2.34. The van der Waals surface area contributed by atoms with Crippen molar-refractivity contribution < 1.29 is 13.5 Å². The number of likely N-dealkylation sites (tertiary alicyclic amines) is 1. The van der Waals surface area contributed by atoms with Crippen LogP contribution in [0.15, 0.2) is 61.1 Å². The summed E-state index contributed by atoms with van der Waals surface area (Å²) >= 11 is 12.4. The summed E-state index contributed by atoms with van der Waals surface area (Å²) in [4.78, 5) is 10.5. The van der Waals surface area contributed by atoms with Crippen LogP contribution in [0.1, 0.15) is 29.7 Å². The van der Waals surface area contributed by atoms with Crippen LogP contribution in [0.4, 0.5) is 8.78 Å². The lowest BCUT2D eigenvalue weighted by molar-refractivity contribution is -0.0175. The first kappa shape index (κ1) is 22.1. The number of hydrogen-bond donors (Lipinski definition) is 0. The first-order valence-corrected chi connectivity index (χ1v) is 10.6. The number of aromatic nitrogens is 2. The van der Waals surface area contributed by atoms with E-state index >= 15 is 0 Å². The number of halogens is 4. The predicted octanol–water partition coefficient (Wildman–Crippen LogP) is 6.22. The molecule has 2 aromatic heterocycles. The normalized spacial score (nSPS) is 18.1. The molecule has 0 radical (unpaired) electrons. The van der Waals surface area contributed by atoms with Crippen LogP contribution in [0.2, 0.25) is 10.0 Å². The molecular formula is C23H21Cl2F2N3O. The van der Waals surface area contributed by atoms with Crippen LogP contribution < -0.4 is 0 Å². The van der Waals surface area contributed by atoms with Gasteiger partial charge in [0.05, 0.1) is 18.3 Å². The molecule has 4 rings (SSSR count). The van der Waals surface area contributed by atoms with Gasteiger partial charge < -0.3 is 4.74 Å². The maximum absolute atomic E-state index is 14.1. The summed E-state index contributed by atoms with van der Waals surface area (Å²) in [6.45, 7) is -0.0873. The highest BCUT2D eigenvalue weighted by Crippen LogP contribution is 2.43. The van der Waals surface area contributed by atoms with E-state index in [-0.39, 0.29) is 19.5 Å². The van der Waals surface area contributed by atoms with Gasteiger partial charge in [-0.1, -0.05) is 35.3 Å². The van der Waals surface area contributed by atoms with Gasteiger partial charge in [0.25, 0.3) is 5.92 Å². The highest BCUT2D eigenvalue weighted by molar-refractivity contribution is 6.35. The molecule has 8 heteroatoms. The average Bonchev–Trinajstić information content (AvgIpc) is 3.11. The minimum atomic E-state index is -2.74. The van der Waals surface area contributed by atoms with Crippen molar-refractivity contribution in [2.24, 2.45) is 0 Å². The zero-order valence-corrected chi connectivity index (χ0v) is 18.3. The standard InChI is InChI=1S/C23H21Cl2F2N3O/c1-31-22(19-5-3-8-29-20(19)16-10-17(24)12-18(25)11-16)21(15-4-2-7-28-13-15)30-9-6-23(26,27)14-30/h2-5,7-8,10-13,21-22H,6,9,14H2,1H3/t21-,22+/m0/s1. The molecule has 4 nitrogen and oxygen atoms in total. The van der Waals surface area contributed by atoms with Crippen molar-refractivity contribution in [2.75, 3.05) is 20.2 Å². The average molecular weight is 464 g/mol. The van der Waals surface area contributed by atoms with Gasteiger partial charge in [-0.25, -0.2) is 8.78 Å². The first-order valence-electron chi connectivity index (χ1n) is 9.84. The van der Waals surface area contributed by atoms with Gasteiger partial charge in [-0.3, -0.25) is 14.9 Å². The third-order valence-electron chi connectivity index (χ3n) is 5.44. The molecule has 0 N–H and O–H groups in total. The van der Waals surface area contributed by atoms with Crippen LogP contribution in [-0.4, -0.2) is 41.0 Å². The van der Waals surface area contributed by atoms with Gasteiger partial charge in [0.2, 0.25) is 0 Å². The Morgan fingerprint density at radius 2 is 1.84 bits per heavy atom. The second-order valence-corrected chi connectivity index (χ2v) is 8.44. The molecule has 0 unspecified atom stereocenters. The maximum atomic E-state index is 14.1. The third kappa shape index (κ3) is 4.88. The van der Waals surface area contributed by atoms with E-state index in [0.717, 1.165) is 16.7 Å². The molecule has 3 aromatic rings. The zero-order valence-electron chi connectivity index (χ0n) is 16.8. The molecule has 0 aliphatic carbocycles. The van der Waals surface area contributed by atoms with Crippen molar-refractivity contribution >= 4 is 23.2 Å². The summed E-state index contributed by atoms with van der Waals surface area (Å²) in [5, 5.41) is 0.965. The molecule has 1 aliphatic rings. The fourth-order valence-corrected chi connectivity index (χ4v) is 4.66. The SMILES string of the molecule is CO[C@H](c1cccnc1-c1cc(Cl)cc(Cl)c1)[C@H](c1cccnc1)N1CCC(F)(F)C1. The summed E-state index contributed by atoms with van der Waals surface area (Å²) in [5.74, 6) is -2.74. The van der Waals surface area contributed by atoms with Crippen LogP contribution in [0.25, 0.3) is 11.3 Å². The van der Waals surface area contributed by atoms with Gasteiger partial charge in [0.1, 0.15) is 6.10 Å². The molecule has 0 saturated carbocycles. The minimum Gasteiger partial charge on any atom is -0.375 e. The summed E-state index contributed by atoms with van der Waals surface area (Å²) in [7, 11) is 1.57. The van der Waals surface area contributed by atoms with Crippen LogP contribution in [-0.2, 0) is 4.74 Å². The Bertz CT molecular complexity index is 1030. The van der Waals surface area contributed by atoms with Gasteiger partial charge >= 0.3 is 0 Å². The van der Waals surface area contributed by atoms with E-state index in [1.807, 2.05) is 12.1 Å². The van der Waals surface area contributed by atoms with Crippen molar-refractivity contribution in [2.45, 2.75) is 24.5 Å². The molecule has 1 fully saturated rings. The fourth-order valence-electron chi connectivity index (χ4n) is 4.13. The highest BCUT2D eigenvalue weighted by atomic mass is 35.5. The van der Waals surface area contributed by atoms with E-state index in [4.69, 9.17) is 27.9 Å². The Kier molecular flexibility index (Phi) is 6.53. The number of methoxy groups -OCH3 is 1. The fraction of sp³-hybridized carbons (Fsp3) is 0.304. The maximum Gasteiger partial charge on any atom is 0.261 e. The molecule has 1 saturated heterocycles. The van der Waals surface area contributed by atoms with Crippen LogP contribution in [0.3, 0.4) is 0 Å². The topological polar surface area (TPSA) is 38.3 Å². The zero-order chi connectivity index (χ0) is 22.0. The van der Waals surface area contributed by atoms with Gasteiger partial charge in [0, 0.05) is 59.8 Å². The van der Waals surface area contributed by atoms with Crippen LogP contribution >= 0.6 is 23.2 Å². The van der Waals surface area contributed by atoms with Gasteiger partial charge in [-0.15, -0.1) is 0 Å². The Hall–Kier alpha value is -2.12. The molecule has 0 spiro atoms. The lowest BCUT2D eigenvalue weighted by Crippen LogP contribution is -2.34. The van der Waals surface area contributed by atoms with Gasteiger partial charge in [-0.2, -0.15) is 0 Å². The Morgan fingerprint density at radius 3 is 2.45 bits per heavy atom. The predicted molar refractivity (Wildman–Crippen MR) is 118 cm³/mol. The van der Waals surface area contributed by atoms with E-state index in [9.17, 15) is 8.78 Å². The van der Waals surface area contributed by atoms with Crippen LogP contribution in [0.5, 0.6) is 0 Å². The second kappa shape index (κ2) is 9.17.